The highest BCUT2D eigenvalue weighted by Crippen LogP contribution is 2.18. The number of hydrogen-bond donors (Lipinski definition) is 2. The standard InChI is InChI=1S/C16H24F2N2OS/c1-4-5-8-19-15(21)10-22-16(20-11(2)3)12-6-7-13(17)14(18)9-12/h6-7,9,11,15,19,21H,4-5,8,10H2,1-3H3. The van der Waals surface area contributed by atoms with Crippen molar-refractivity contribution in [2.24, 2.45) is 4.99 Å². The van der Waals surface area contributed by atoms with Gasteiger partial charge in [-0.25, -0.2) is 8.78 Å². The highest BCUT2D eigenvalue weighted by molar-refractivity contribution is 8.14. The Morgan fingerprint density at radius 3 is 2.64 bits per heavy atom. The van der Waals surface area contributed by atoms with Crippen LogP contribution < -0.4 is 5.32 Å². The van der Waals surface area contributed by atoms with Crippen LogP contribution in [0.15, 0.2) is 23.2 Å². The monoisotopic (exact) mass is 330 g/mol. The van der Waals surface area contributed by atoms with E-state index >= 15 is 0 Å². The molecule has 3 nitrogen and oxygen atoms in total. The van der Waals surface area contributed by atoms with E-state index in [1.807, 2.05) is 13.8 Å². The molecule has 0 heterocycles. The molecule has 0 fully saturated rings. The number of nitrogens with zero attached hydrogens (tertiary/aromatic N) is 1. The van der Waals surface area contributed by atoms with Crippen molar-refractivity contribution in [3.63, 3.8) is 0 Å². The Balaban J connectivity index is 2.71. The molecule has 1 rings (SSSR count). The lowest BCUT2D eigenvalue weighted by atomic mass is 10.2. The van der Waals surface area contributed by atoms with Crippen molar-refractivity contribution in [3.8, 4) is 0 Å². The van der Waals surface area contributed by atoms with E-state index in [1.165, 1.54) is 17.8 Å². The molecule has 0 aliphatic rings. The Kier molecular flexibility index (Phi) is 8.60. The number of rotatable bonds is 8. The molecular weight excluding hydrogens is 306 g/mol. The van der Waals surface area contributed by atoms with E-state index in [0.717, 1.165) is 31.5 Å². The number of hydrogen-bond acceptors (Lipinski definition) is 4. The molecule has 1 aromatic rings. The van der Waals surface area contributed by atoms with Crippen LogP contribution in [-0.4, -0.2) is 34.7 Å². The van der Waals surface area contributed by atoms with Gasteiger partial charge in [0.15, 0.2) is 11.6 Å². The van der Waals surface area contributed by atoms with Crippen LogP contribution in [0.3, 0.4) is 0 Å². The Labute approximate surface area is 135 Å². The van der Waals surface area contributed by atoms with Crippen molar-refractivity contribution in [1.82, 2.24) is 5.32 Å². The summed E-state index contributed by atoms with van der Waals surface area (Å²) < 4.78 is 26.4. The quantitative estimate of drug-likeness (QED) is 0.331. The minimum absolute atomic E-state index is 0.0285. The zero-order valence-corrected chi connectivity index (χ0v) is 14.1. The third kappa shape index (κ3) is 6.85. The molecule has 6 heteroatoms. The number of aliphatic hydroxyl groups excluding tert-OH is 1. The van der Waals surface area contributed by atoms with Crippen LogP contribution in [0.1, 0.15) is 39.2 Å². The van der Waals surface area contributed by atoms with Gasteiger partial charge in [-0.1, -0.05) is 13.3 Å². The Bertz CT molecular complexity index is 495. The van der Waals surface area contributed by atoms with Crippen LogP contribution in [0, 0.1) is 11.6 Å². The Morgan fingerprint density at radius 2 is 2.05 bits per heavy atom. The number of halogens is 2. The maximum absolute atomic E-state index is 13.4. The number of aliphatic imine (C=N–C) groups is 1. The third-order valence-corrected chi connectivity index (χ3v) is 3.93. The molecule has 0 saturated heterocycles. The average molecular weight is 330 g/mol. The summed E-state index contributed by atoms with van der Waals surface area (Å²) in [5.41, 5.74) is 0.526. The van der Waals surface area contributed by atoms with E-state index in [2.05, 4.69) is 17.2 Å². The highest BCUT2D eigenvalue weighted by atomic mass is 32.2. The fraction of sp³-hybridized carbons (Fsp3) is 0.562. The highest BCUT2D eigenvalue weighted by Gasteiger charge is 2.12. The molecule has 0 aliphatic carbocycles. The van der Waals surface area contributed by atoms with Crippen LogP contribution in [0.4, 0.5) is 8.78 Å². The maximum Gasteiger partial charge on any atom is 0.159 e. The van der Waals surface area contributed by atoms with E-state index in [-0.39, 0.29) is 6.04 Å². The summed E-state index contributed by atoms with van der Waals surface area (Å²) >= 11 is 1.33. The van der Waals surface area contributed by atoms with Crippen LogP contribution in [0.2, 0.25) is 0 Å². The lowest BCUT2D eigenvalue weighted by Gasteiger charge is -2.14. The second-order valence-electron chi connectivity index (χ2n) is 5.29. The van der Waals surface area contributed by atoms with Crippen LogP contribution in [-0.2, 0) is 0 Å². The van der Waals surface area contributed by atoms with Crippen molar-refractivity contribution >= 4 is 16.8 Å². The summed E-state index contributed by atoms with van der Waals surface area (Å²) in [5, 5.41) is 13.5. The number of aliphatic hydroxyl groups is 1. The van der Waals surface area contributed by atoms with Gasteiger partial charge in [0.1, 0.15) is 6.23 Å². The smallest absolute Gasteiger partial charge is 0.159 e. The lowest BCUT2D eigenvalue weighted by molar-refractivity contribution is 0.161. The van der Waals surface area contributed by atoms with Gasteiger partial charge in [-0.3, -0.25) is 10.3 Å². The molecule has 22 heavy (non-hydrogen) atoms. The van der Waals surface area contributed by atoms with E-state index < -0.39 is 17.9 Å². The van der Waals surface area contributed by atoms with Gasteiger partial charge in [-0.05, 0) is 45.0 Å². The molecule has 0 aromatic heterocycles. The van der Waals surface area contributed by atoms with Crippen LogP contribution >= 0.6 is 11.8 Å². The van der Waals surface area contributed by atoms with Crippen molar-refractivity contribution in [2.75, 3.05) is 12.3 Å². The summed E-state index contributed by atoms with van der Waals surface area (Å²) in [7, 11) is 0. The van der Waals surface area contributed by atoms with Gasteiger partial charge in [0, 0.05) is 17.4 Å². The van der Waals surface area contributed by atoms with Crippen molar-refractivity contribution in [3.05, 3.63) is 35.4 Å². The fourth-order valence-electron chi connectivity index (χ4n) is 1.72. The SMILES string of the molecule is CCCCNC(O)CSC(=NC(C)C)c1ccc(F)c(F)c1. The normalized spacial score (nSPS) is 13.7. The molecule has 0 radical (unpaired) electrons. The summed E-state index contributed by atoms with van der Waals surface area (Å²) in [4.78, 5) is 4.44. The first kappa shape index (κ1) is 19.1. The summed E-state index contributed by atoms with van der Waals surface area (Å²) in [6.45, 7) is 6.66. The van der Waals surface area contributed by atoms with Crippen molar-refractivity contribution in [1.29, 1.82) is 0 Å². The molecule has 0 amide bonds. The zero-order valence-electron chi connectivity index (χ0n) is 13.3. The molecule has 124 valence electrons. The molecular formula is C16H24F2N2OS. The van der Waals surface area contributed by atoms with Gasteiger partial charge in [0.05, 0.1) is 5.04 Å². The first-order chi connectivity index (χ1) is 10.4. The lowest BCUT2D eigenvalue weighted by Crippen LogP contribution is -2.32. The zero-order chi connectivity index (χ0) is 16.5. The first-order valence-corrected chi connectivity index (χ1v) is 8.50. The van der Waals surface area contributed by atoms with Gasteiger partial charge in [0.2, 0.25) is 0 Å². The summed E-state index contributed by atoms with van der Waals surface area (Å²) in [5.74, 6) is -1.37. The molecule has 0 bridgehead atoms. The number of nitrogens with one attached hydrogen (secondary N) is 1. The number of thioether (sulfide) groups is 1. The minimum atomic E-state index is -0.892. The first-order valence-electron chi connectivity index (χ1n) is 7.51. The number of benzene rings is 1. The topological polar surface area (TPSA) is 44.6 Å². The minimum Gasteiger partial charge on any atom is -0.378 e. The summed E-state index contributed by atoms with van der Waals surface area (Å²) in [6.07, 6.45) is 1.40. The average Bonchev–Trinajstić information content (AvgIpc) is 2.46. The predicted octanol–water partition coefficient (Wildman–Crippen LogP) is 3.56. The van der Waals surface area contributed by atoms with Crippen LogP contribution in [0.5, 0.6) is 0 Å². The van der Waals surface area contributed by atoms with Gasteiger partial charge in [-0.15, -0.1) is 11.8 Å². The Morgan fingerprint density at radius 1 is 1.32 bits per heavy atom. The second-order valence-corrected chi connectivity index (χ2v) is 6.30. The molecule has 1 atom stereocenters. The van der Waals surface area contributed by atoms with Gasteiger partial charge < -0.3 is 5.11 Å². The molecule has 0 saturated carbocycles. The Hall–Kier alpha value is -0.980. The molecule has 2 N–H and O–H groups in total. The molecule has 0 aliphatic heterocycles. The van der Waals surface area contributed by atoms with E-state index in [0.29, 0.717) is 16.4 Å². The van der Waals surface area contributed by atoms with Crippen molar-refractivity contribution < 1.29 is 13.9 Å². The molecule has 1 aromatic carbocycles. The maximum atomic E-state index is 13.4. The largest absolute Gasteiger partial charge is 0.378 e. The van der Waals surface area contributed by atoms with Gasteiger partial charge >= 0.3 is 0 Å². The summed E-state index contributed by atoms with van der Waals surface area (Å²) in [6, 6.07) is 3.77. The fourth-order valence-corrected chi connectivity index (χ4v) is 2.73. The van der Waals surface area contributed by atoms with Crippen molar-refractivity contribution in [2.45, 2.75) is 45.9 Å². The van der Waals surface area contributed by atoms with E-state index in [9.17, 15) is 13.9 Å². The number of unbranched alkanes of at least 4 members (excludes halogenated alkanes) is 1. The predicted molar refractivity (Wildman–Crippen MR) is 89.4 cm³/mol. The van der Waals surface area contributed by atoms with E-state index in [1.54, 1.807) is 0 Å². The van der Waals surface area contributed by atoms with Gasteiger partial charge in [-0.2, -0.15) is 0 Å². The van der Waals surface area contributed by atoms with E-state index in [4.69, 9.17) is 0 Å². The third-order valence-electron chi connectivity index (χ3n) is 2.83. The molecule has 0 spiro atoms. The van der Waals surface area contributed by atoms with Crippen LogP contribution in [0.25, 0.3) is 0 Å². The molecule has 1 unspecified atom stereocenters. The van der Waals surface area contributed by atoms with Gasteiger partial charge in [0.25, 0.3) is 0 Å². The second kappa shape index (κ2) is 9.92.